The van der Waals surface area contributed by atoms with Gasteiger partial charge in [-0.05, 0) is 43.5 Å². The predicted molar refractivity (Wildman–Crippen MR) is 98.8 cm³/mol. The summed E-state index contributed by atoms with van der Waals surface area (Å²) >= 11 is 8.43. The van der Waals surface area contributed by atoms with Crippen LogP contribution in [-0.4, -0.2) is 52.7 Å². The normalized spacial score (nSPS) is 20.7. The molecule has 4 nitrogen and oxygen atoms in total. The molecule has 22 heavy (non-hydrogen) atoms. The molecule has 6 heteroatoms. The summed E-state index contributed by atoms with van der Waals surface area (Å²) in [6.45, 7) is 6.52. The molecule has 0 bridgehead atoms. The maximum Gasteiger partial charge on any atom is 0.245 e. The Labute approximate surface area is 150 Å². The standard InChI is InChI=1S/C16H21ClIN3O/c1-12(16(22)19-7-9-20(18)10-8-19)21-6-2-3-13-11-14(17)4-5-15(13)21/h4-5,11-12H,2-3,6-10H2,1H3. The maximum absolute atomic E-state index is 12.8. The number of hydrogen-bond acceptors (Lipinski definition) is 3. The second-order valence-corrected chi connectivity index (χ2v) is 7.78. The fourth-order valence-electron chi connectivity index (χ4n) is 3.30. The molecule has 1 aromatic carbocycles. The van der Waals surface area contributed by atoms with E-state index in [-0.39, 0.29) is 11.9 Å². The molecule has 2 aliphatic rings. The zero-order valence-electron chi connectivity index (χ0n) is 12.8. The van der Waals surface area contributed by atoms with Crippen molar-refractivity contribution < 1.29 is 4.79 Å². The van der Waals surface area contributed by atoms with Crippen molar-refractivity contribution >= 4 is 46.1 Å². The molecule has 1 saturated heterocycles. The lowest BCUT2D eigenvalue weighted by Crippen LogP contribution is -2.53. The van der Waals surface area contributed by atoms with Gasteiger partial charge in [0.15, 0.2) is 0 Å². The van der Waals surface area contributed by atoms with E-state index in [0.29, 0.717) is 0 Å². The summed E-state index contributed by atoms with van der Waals surface area (Å²) in [5, 5.41) is 0.776. The van der Waals surface area contributed by atoms with E-state index in [4.69, 9.17) is 11.6 Å². The average molecular weight is 434 g/mol. The van der Waals surface area contributed by atoms with Gasteiger partial charge < -0.3 is 9.80 Å². The minimum absolute atomic E-state index is 0.110. The Balaban J connectivity index is 1.75. The van der Waals surface area contributed by atoms with Gasteiger partial charge in [-0.25, -0.2) is 3.11 Å². The first kappa shape index (κ1) is 16.3. The number of carbonyl (C=O) groups excluding carboxylic acids is 1. The third-order valence-electron chi connectivity index (χ3n) is 4.56. The van der Waals surface area contributed by atoms with Crippen LogP contribution in [0.2, 0.25) is 5.02 Å². The first-order chi connectivity index (χ1) is 10.6. The van der Waals surface area contributed by atoms with Crippen molar-refractivity contribution in [3.8, 4) is 0 Å². The van der Waals surface area contributed by atoms with Crippen LogP contribution < -0.4 is 4.90 Å². The fourth-order valence-corrected chi connectivity index (χ4v) is 3.92. The van der Waals surface area contributed by atoms with Crippen LogP contribution in [-0.2, 0) is 11.2 Å². The van der Waals surface area contributed by atoms with Crippen molar-refractivity contribution in [3.05, 3.63) is 28.8 Å². The number of fused-ring (bicyclic) bond motifs is 1. The van der Waals surface area contributed by atoms with Gasteiger partial charge in [-0.2, -0.15) is 0 Å². The quantitative estimate of drug-likeness (QED) is 0.530. The first-order valence-electron chi connectivity index (χ1n) is 7.81. The van der Waals surface area contributed by atoms with E-state index < -0.39 is 0 Å². The lowest BCUT2D eigenvalue weighted by molar-refractivity contribution is -0.133. The van der Waals surface area contributed by atoms with Crippen LogP contribution in [0.5, 0.6) is 0 Å². The molecule has 1 unspecified atom stereocenters. The van der Waals surface area contributed by atoms with Crippen molar-refractivity contribution in [3.63, 3.8) is 0 Å². The molecule has 0 radical (unpaired) electrons. The minimum atomic E-state index is -0.110. The summed E-state index contributed by atoms with van der Waals surface area (Å²) < 4.78 is 2.24. The van der Waals surface area contributed by atoms with Gasteiger partial charge in [-0.3, -0.25) is 4.79 Å². The zero-order chi connectivity index (χ0) is 15.7. The first-order valence-corrected chi connectivity index (χ1v) is 9.15. The van der Waals surface area contributed by atoms with Crippen molar-refractivity contribution in [1.82, 2.24) is 8.01 Å². The number of benzene rings is 1. The molecule has 0 spiro atoms. The van der Waals surface area contributed by atoms with E-state index >= 15 is 0 Å². The van der Waals surface area contributed by atoms with E-state index in [9.17, 15) is 4.79 Å². The number of rotatable bonds is 2. The SMILES string of the molecule is CC(C(=O)N1CCN(I)CC1)N1CCCc2cc(Cl)ccc21. The summed E-state index contributed by atoms with van der Waals surface area (Å²) in [6, 6.07) is 5.91. The van der Waals surface area contributed by atoms with E-state index in [1.807, 2.05) is 24.0 Å². The van der Waals surface area contributed by atoms with Crippen molar-refractivity contribution in [2.45, 2.75) is 25.8 Å². The zero-order valence-corrected chi connectivity index (χ0v) is 15.7. The van der Waals surface area contributed by atoms with Crippen molar-refractivity contribution in [2.24, 2.45) is 0 Å². The van der Waals surface area contributed by atoms with Crippen LogP contribution in [0.15, 0.2) is 18.2 Å². The van der Waals surface area contributed by atoms with E-state index in [1.165, 1.54) is 11.3 Å². The average Bonchev–Trinajstić information content (AvgIpc) is 2.53. The van der Waals surface area contributed by atoms with Gasteiger partial charge in [0.2, 0.25) is 5.91 Å². The molecule has 0 aromatic heterocycles. The lowest BCUT2D eigenvalue weighted by Gasteiger charge is -2.39. The third kappa shape index (κ3) is 3.36. The molecule has 3 rings (SSSR count). The number of anilines is 1. The highest BCUT2D eigenvalue weighted by atomic mass is 127. The predicted octanol–water partition coefficient (Wildman–Crippen LogP) is 2.98. The Bertz CT molecular complexity index is 560. The summed E-state index contributed by atoms with van der Waals surface area (Å²) in [6.07, 6.45) is 2.12. The Morgan fingerprint density at radius 3 is 2.68 bits per heavy atom. The minimum Gasteiger partial charge on any atom is -0.360 e. The highest BCUT2D eigenvalue weighted by molar-refractivity contribution is 14.1. The molecule has 120 valence electrons. The number of carbonyl (C=O) groups is 1. The molecule has 2 heterocycles. The molecule has 2 aliphatic heterocycles. The summed E-state index contributed by atoms with van der Waals surface area (Å²) in [7, 11) is 0. The maximum atomic E-state index is 12.8. The molecule has 1 atom stereocenters. The Morgan fingerprint density at radius 1 is 1.23 bits per heavy atom. The van der Waals surface area contributed by atoms with Crippen LogP contribution in [0.25, 0.3) is 0 Å². The molecular weight excluding hydrogens is 413 g/mol. The van der Waals surface area contributed by atoms with Gasteiger partial charge in [-0.1, -0.05) is 11.6 Å². The molecule has 1 amide bonds. The van der Waals surface area contributed by atoms with Crippen LogP contribution in [0.4, 0.5) is 5.69 Å². The molecule has 0 saturated carbocycles. The number of piperazine rings is 1. The van der Waals surface area contributed by atoms with Gasteiger partial charge >= 0.3 is 0 Å². The van der Waals surface area contributed by atoms with Crippen LogP contribution in [0, 0.1) is 0 Å². The largest absolute Gasteiger partial charge is 0.360 e. The smallest absolute Gasteiger partial charge is 0.245 e. The third-order valence-corrected chi connectivity index (χ3v) is 5.76. The van der Waals surface area contributed by atoms with Gasteiger partial charge in [0, 0.05) is 66.3 Å². The number of aryl methyl sites for hydroxylation is 1. The van der Waals surface area contributed by atoms with E-state index in [0.717, 1.165) is 50.6 Å². The Hall–Kier alpha value is -0.530. The van der Waals surface area contributed by atoms with E-state index in [2.05, 4.69) is 36.9 Å². The monoisotopic (exact) mass is 433 g/mol. The number of halogens is 2. The highest BCUT2D eigenvalue weighted by Gasteiger charge is 2.30. The molecule has 0 N–H and O–H groups in total. The molecule has 1 fully saturated rings. The van der Waals surface area contributed by atoms with Gasteiger partial charge in [-0.15, -0.1) is 0 Å². The van der Waals surface area contributed by atoms with E-state index in [1.54, 1.807) is 0 Å². The Kier molecular flexibility index (Phi) is 5.14. The second-order valence-electron chi connectivity index (χ2n) is 5.98. The topological polar surface area (TPSA) is 26.8 Å². The van der Waals surface area contributed by atoms with Gasteiger partial charge in [0.1, 0.15) is 6.04 Å². The van der Waals surface area contributed by atoms with Gasteiger partial charge in [0.05, 0.1) is 0 Å². The van der Waals surface area contributed by atoms with Gasteiger partial charge in [0.25, 0.3) is 0 Å². The lowest BCUT2D eigenvalue weighted by atomic mass is 10.00. The molecule has 0 aliphatic carbocycles. The fraction of sp³-hybridized carbons (Fsp3) is 0.562. The highest BCUT2D eigenvalue weighted by Crippen LogP contribution is 2.31. The van der Waals surface area contributed by atoms with Crippen LogP contribution >= 0.6 is 34.5 Å². The van der Waals surface area contributed by atoms with Crippen molar-refractivity contribution in [1.29, 1.82) is 0 Å². The Morgan fingerprint density at radius 2 is 1.95 bits per heavy atom. The summed E-state index contributed by atoms with van der Waals surface area (Å²) in [5.41, 5.74) is 2.43. The molecule has 1 aromatic rings. The van der Waals surface area contributed by atoms with Crippen LogP contribution in [0.1, 0.15) is 18.9 Å². The number of amides is 1. The summed E-state index contributed by atoms with van der Waals surface area (Å²) in [4.78, 5) is 17.1. The number of hydrogen-bond donors (Lipinski definition) is 0. The number of nitrogens with zero attached hydrogens (tertiary/aromatic N) is 3. The second kappa shape index (κ2) is 6.93. The van der Waals surface area contributed by atoms with Crippen LogP contribution in [0.3, 0.4) is 0 Å². The molecular formula is C16H21ClIN3O. The van der Waals surface area contributed by atoms with Crippen molar-refractivity contribution in [2.75, 3.05) is 37.6 Å². The summed E-state index contributed by atoms with van der Waals surface area (Å²) in [5.74, 6) is 0.243.